The summed E-state index contributed by atoms with van der Waals surface area (Å²) in [5, 5.41) is 8.98. The lowest BCUT2D eigenvalue weighted by Crippen LogP contribution is -2.33. The van der Waals surface area contributed by atoms with Crippen LogP contribution in [0.5, 0.6) is 0 Å². The van der Waals surface area contributed by atoms with E-state index in [0.717, 1.165) is 17.5 Å². The van der Waals surface area contributed by atoms with Gasteiger partial charge >= 0.3 is 0 Å². The molecule has 0 saturated heterocycles. The summed E-state index contributed by atoms with van der Waals surface area (Å²) in [5.41, 5.74) is 1.34. The number of hydrogen-bond donors (Lipinski definition) is 0. The van der Waals surface area contributed by atoms with Gasteiger partial charge in [-0.05, 0) is 43.0 Å². The fourth-order valence-corrected chi connectivity index (χ4v) is 3.87. The van der Waals surface area contributed by atoms with Gasteiger partial charge in [0.25, 0.3) is 5.92 Å². The minimum atomic E-state index is -2.66. The van der Waals surface area contributed by atoms with Crippen molar-refractivity contribution in [3.05, 3.63) is 47.5 Å². The van der Waals surface area contributed by atoms with Gasteiger partial charge in [-0.2, -0.15) is 5.26 Å². The predicted molar refractivity (Wildman–Crippen MR) is 86.2 cm³/mol. The summed E-state index contributed by atoms with van der Waals surface area (Å²) in [6.45, 7) is 5.60. The number of benzene rings is 1. The number of carbonyl (C=O) groups is 1. The number of aryl methyl sites for hydroxylation is 1. The third kappa shape index (κ3) is 2.41. The van der Waals surface area contributed by atoms with Crippen LogP contribution < -0.4 is 0 Å². The summed E-state index contributed by atoms with van der Waals surface area (Å²) < 4.78 is 28.3. The van der Waals surface area contributed by atoms with E-state index in [4.69, 9.17) is 5.26 Å². The van der Waals surface area contributed by atoms with Crippen molar-refractivity contribution in [1.82, 2.24) is 4.90 Å². The van der Waals surface area contributed by atoms with Crippen molar-refractivity contribution in [2.75, 3.05) is 6.54 Å². The van der Waals surface area contributed by atoms with Crippen molar-refractivity contribution in [3.8, 4) is 6.07 Å². The lowest BCUT2D eigenvalue weighted by Gasteiger charge is -2.28. The fraction of sp³-hybridized carbons (Fsp3) is 0.474. The van der Waals surface area contributed by atoms with Crippen molar-refractivity contribution in [3.63, 3.8) is 0 Å². The minimum absolute atomic E-state index is 0.0525. The first-order valence-electron chi connectivity index (χ1n) is 8.14. The molecule has 1 unspecified atom stereocenters. The van der Waals surface area contributed by atoms with Crippen LogP contribution in [-0.4, -0.2) is 23.3 Å². The minimum Gasteiger partial charge on any atom is -0.334 e. The molecule has 0 aliphatic heterocycles. The third-order valence-corrected chi connectivity index (χ3v) is 5.60. The van der Waals surface area contributed by atoms with Crippen LogP contribution in [-0.2, 0) is 11.3 Å². The van der Waals surface area contributed by atoms with Crippen LogP contribution in [0, 0.1) is 29.6 Å². The largest absolute Gasteiger partial charge is 0.334 e. The second kappa shape index (κ2) is 5.70. The second-order valence-electron chi connectivity index (χ2n) is 6.87. The van der Waals surface area contributed by atoms with E-state index in [0.29, 0.717) is 18.4 Å². The number of rotatable bonds is 5. The zero-order valence-electron chi connectivity index (χ0n) is 13.7. The SMILES string of the molecule is C=CC(=O)N(Cc1ccc(C#N)c(C)c1)CC1C(F)(F)C12CCC2. The Balaban J connectivity index is 1.76. The molecule has 5 heteroatoms. The Kier molecular flexibility index (Phi) is 3.95. The zero-order chi connectivity index (χ0) is 17.5. The van der Waals surface area contributed by atoms with Gasteiger partial charge in [-0.3, -0.25) is 4.79 Å². The van der Waals surface area contributed by atoms with Gasteiger partial charge in [-0.1, -0.05) is 25.1 Å². The molecular formula is C19H20F2N2O. The Hall–Kier alpha value is -2.22. The molecule has 2 aliphatic carbocycles. The van der Waals surface area contributed by atoms with Crippen molar-refractivity contribution < 1.29 is 13.6 Å². The maximum atomic E-state index is 14.1. The summed E-state index contributed by atoms with van der Waals surface area (Å²) in [4.78, 5) is 13.6. The summed E-state index contributed by atoms with van der Waals surface area (Å²) in [6.07, 6.45) is 3.12. The molecule has 0 N–H and O–H groups in total. The summed E-state index contributed by atoms with van der Waals surface area (Å²) in [6, 6.07) is 7.38. The molecule has 0 heterocycles. The van der Waals surface area contributed by atoms with Crippen LogP contribution in [0.2, 0.25) is 0 Å². The normalized spacial score (nSPS) is 22.3. The van der Waals surface area contributed by atoms with E-state index in [2.05, 4.69) is 12.6 Å². The highest BCUT2D eigenvalue weighted by molar-refractivity contribution is 5.87. The van der Waals surface area contributed by atoms with Gasteiger partial charge in [0.2, 0.25) is 5.91 Å². The Morgan fingerprint density at radius 3 is 2.67 bits per heavy atom. The quantitative estimate of drug-likeness (QED) is 0.771. The van der Waals surface area contributed by atoms with Gasteiger partial charge in [0.1, 0.15) is 0 Å². The molecule has 1 spiro atoms. The van der Waals surface area contributed by atoms with Gasteiger partial charge in [0.15, 0.2) is 0 Å². The molecule has 3 nitrogen and oxygen atoms in total. The Morgan fingerprint density at radius 1 is 1.50 bits per heavy atom. The zero-order valence-corrected chi connectivity index (χ0v) is 13.7. The molecular weight excluding hydrogens is 310 g/mol. The maximum Gasteiger partial charge on any atom is 0.259 e. The fourth-order valence-electron chi connectivity index (χ4n) is 3.87. The van der Waals surface area contributed by atoms with E-state index in [1.165, 1.54) is 11.0 Å². The van der Waals surface area contributed by atoms with Crippen LogP contribution in [0.3, 0.4) is 0 Å². The lowest BCUT2D eigenvalue weighted by atomic mass is 9.79. The van der Waals surface area contributed by atoms with Gasteiger partial charge in [0.05, 0.1) is 17.6 Å². The average Bonchev–Trinajstić information content (AvgIpc) is 3.01. The van der Waals surface area contributed by atoms with Crippen molar-refractivity contribution >= 4 is 5.91 Å². The number of nitrogens with zero attached hydrogens (tertiary/aromatic N) is 2. The Bertz CT molecular complexity index is 731. The Labute approximate surface area is 140 Å². The number of hydrogen-bond acceptors (Lipinski definition) is 2. The molecule has 24 heavy (non-hydrogen) atoms. The predicted octanol–water partition coefficient (Wildman–Crippen LogP) is 3.82. The summed E-state index contributed by atoms with van der Waals surface area (Å²) in [5.74, 6) is -3.75. The number of alkyl halides is 2. The topological polar surface area (TPSA) is 44.1 Å². The Morgan fingerprint density at radius 2 is 2.21 bits per heavy atom. The van der Waals surface area contributed by atoms with E-state index in [9.17, 15) is 13.6 Å². The molecule has 126 valence electrons. The standard InChI is InChI=1S/C19H20F2N2O/c1-3-17(24)23(11-14-5-6-15(10-22)13(2)9-14)12-16-18(7-4-8-18)19(16,20)21/h3,5-6,9,16H,1,4,7-8,11-12H2,2H3. The second-order valence-corrected chi connectivity index (χ2v) is 6.87. The molecule has 0 bridgehead atoms. The van der Waals surface area contributed by atoms with Crippen molar-refractivity contribution in [2.45, 2.75) is 38.7 Å². The van der Waals surface area contributed by atoms with E-state index in [1.807, 2.05) is 13.0 Å². The highest BCUT2D eigenvalue weighted by Gasteiger charge is 2.81. The van der Waals surface area contributed by atoms with Crippen molar-refractivity contribution in [1.29, 1.82) is 5.26 Å². The first-order chi connectivity index (χ1) is 11.4. The molecule has 2 fully saturated rings. The highest BCUT2D eigenvalue weighted by atomic mass is 19.3. The molecule has 0 radical (unpaired) electrons. The van der Waals surface area contributed by atoms with Crippen LogP contribution in [0.4, 0.5) is 8.78 Å². The van der Waals surface area contributed by atoms with E-state index >= 15 is 0 Å². The van der Waals surface area contributed by atoms with Gasteiger partial charge in [0, 0.05) is 18.5 Å². The van der Waals surface area contributed by atoms with Gasteiger partial charge < -0.3 is 4.90 Å². The van der Waals surface area contributed by atoms with Crippen LogP contribution in [0.1, 0.15) is 36.0 Å². The maximum absolute atomic E-state index is 14.1. The molecule has 1 amide bonds. The van der Waals surface area contributed by atoms with Gasteiger partial charge in [-0.25, -0.2) is 8.78 Å². The smallest absolute Gasteiger partial charge is 0.259 e. The number of halogens is 2. The molecule has 2 saturated carbocycles. The number of nitriles is 1. The first-order valence-corrected chi connectivity index (χ1v) is 8.14. The van der Waals surface area contributed by atoms with E-state index < -0.39 is 17.3 Å². The summed E-state index contributed by atoms with van der Waals surface area (Å²) in [7, 11) is 0. The first kappa shape index (κ1) is 16.6. The lowest BCUT2D eigenvalue weighted by molar-refractivity contribution is -0.127. The summed E-state index contributed by atoms with van der Waals surface area (Å²) >= 11 is 0. The molecule has 3 rings (SSSR count). The molecule has 2 aliphatic rings. The van der Waals surface area contributed by atoms with E-state index in [-0.39, 0.29) is 19.0 Å². The molecule has 1 aromatic carbocycles. The molecule has 1 atom stereocenters. The van der Waals surface area contributed by atoms with Crippen LogP contribution >= 0.6 is 0 Å². The van der Waals surface area contributed by atoms with Crippen LogP contribution in [0.15, 0.2) is 30.9 Å². The number of carbonyl (C=O) groups excluding carboxylic acids is 1. The van der Waals surface area contributed by atoms with Crippen molar-refractivity contribution in [2.24, 2.45) is 11.3 Å². The monoisotopic (exact) mass is 330 g/mol. The van der Waals surface area contributed by atoms with Crippen LogP contribution in [0.25, 0.3) is 0 Å². The van der Waals surface area contributed by atoms with E-state index in [1.54, 1.807) is 12.1 Å². The highest BCUT2D eigenvalue weighted by Crippen LogP contribution is 2.75. The van der Waals surface area contributed by atoms with Gasteiger partial charge in [-0.15, -0.1) is 0 Å². The average molecular weight is 330 g/mol. The third-order valence-electron chi connectivity index (χ3n) is 5.60. The molecule has 1 aromatic rings. The molecule has 0 aromatic heterocycles. The number of amides is 1.